The van der Waals surface area contributed by atoms with Crippen LogP contribution in [0.1, 0.15) is 33.4 Å². The van der Waals surface area contributed by atoms with Crippen molar-refractivity contribution < 1.29 is 35.1 Å². The summed E-state index contributed by atoms with van der Waals surface area (Å²) in [4.78, 5) is 3.25. The van der Waals surface area contributed by atoms with E-state index in [0.717, 1.165) is 74.2 Å². The van der Waals surface area contributed by atoms with Crippen LogP contribution in [0.15, 0.2) is 194 Å². The number of anilines is 6. The smallest absolute Gasteiger partial charge is 0.308 e. The van der Waals surface area contributed by atoms with Crippen LogP contribution in [-0.2, 0) is 17.8 Å². The summed E-state index contributed by atoms with van der Waals surface area (Å²) in [5.41, 5.74) is 6.46. The SMILES string of the molecule is Fc1ccccc1N(c1ccc(C(F)(F)F)cc1)c1ccc2c(c1)C1(c3ccccc3-c3ccccc31)c1cccc3c(N(c4ccc(C(F)(F)F)cc4)c4ccccc4F)ccc-2c13. The van der Waals surface area contributed by atoms with Crippen LogP contribution in [0.3, 0.4) is 0 Å². The molecule has 0 atom stereocenters. The normalized spacial score (nSPS) is 13.4. The zero-order valence-electron chi connectivity index (χ0n) is 33.9. The summed E-state index contributed by atoms with van der Waals surface area (Å²) in [5, 5.41) is 1.54. The molecule has 0 heterocycles. The summed E-state index contributed by atoms with van der Waals surface area (Å²) in [7, 11) is 0. The molecule has 318 valence electrons. The molecule has 0 saturated carbocycles. The van der Waals surface area contributed by atoms with Crippen molar-refractivity contribution in [3.63, 3.8) is 0 Å². The number of nitrogens with zero attached hydrogens (tertiary/aromatic N) is 2. The molecule has 0 unspecified atom stereocenters. The van der Waals surface area contributed by atoms with Crippen LogP contribution in [-0.4, -0.2) is 0 Å². The van der Waals surface area contributed by atoms with Gasteiger partial charge in [-0.1, -0.05) is 103 Å². The number of fused-ring (bicyclic) bond motifs is 9. The van der Waals surface area contributed by atoms with Crippen LogP contribution in [0.5, 0.6) is 0 Å². The van der Waals surface area contributed by atoms with E-state index in [-0.39, 0.29) is 11.4 Å². The lowest BCUT2D eigenvalue weighted by atomic mass is 9.61. The maximum Gasteiger partial charge on any atom is 0.416 e. The van der Waals surface area contributed by atoms with Crippen LogP contribution >= 0.6 is 0 Å². The van der Waals surface area contributed by atoms with Gasteiger partial charge in [-0.05, 0) is 141 Å². The van der Waals surface area contributed by atoms with E-state index < -0.39 is 40.5 Å². The Labute approximate surface area is 367 Å². The predicted octanol–water partition coefficient (Wildman–Crippen LogP) is 16.4. The molecule has 11 rings (SSSR count). The molecule has 65 heavy (non-hydrogen) atoms. The van der Waals surface area contributed by atoms with E-state index in [2.05, 4.69) is 30.3 Å². The van der Waals surface area contributed by atoms with Crippen molar-refractivity contribution in [1.82, 2.24) is 0 Å². The van der Waals surface area contributed by atoms with Gasteiger partial charge >= 0.3 is 12.4 Å². The quantitative estimate of drug-likeness (QED) is 0.154. The van der Waals surface area contributed by atoms with E-state index in [1.807, 2.05) is 66.7 Å². The minimum atomic E-state index is -4.58. The van der Waals surface area contributed by atoms with E-state index in [0.29, 0.717) is 28.1 Å². The Bertz CT molecular complexity index is 3290. The van der Waals surface area contributed by atoms with Gasteiger partial charge in [-0.25, -0.2) is 8.78 Å². The largest absolute Gasteiger partial charge is 0.416 e. The van der Waals surface area contributed by atoms with Gasteiger partial charge in [-0.15, -0.1) is 0 Å². The fourth-order valence-electron chi connectivity index (χ4n) is 10.0. The molecular weight excluding hydrogens is 841 g/mol. The zero-order valence-corrected chi connectivity index (χ0v) is 33.9. The fraction of sp³-hybridized carbons (Fsp3) is 0.0545. The van der Waals surface area contributed by atoms with Crippen LogP contribution < -0.4 is 9.80 Å². The summed E-state index contributed by atoms with van der Waals surface area (Å²) in [6.07, 6.45) is -9.16. The second-order valence-corrected chi connectivity index (χ2v) is 16.1. The summed E-state index contributed by atoms with van der Waals surface area (Å²) in [6, 6.07) is 53.1. The molecule has 2 aliphatic carbocycles. The van der Waals surface area contributed by atoms with E-state index in [1.54, 1.807) is 46.2 Å². The molecule has 0 aromatic heterocycles. The Hall–Kier alpha value is -7.72. The average molecular weight is 873 g/mol. The Kier molecular flexibility index (Phi) is 9.05. The van der Waals surface area contributed by atoms with Gasteiger partial charge in [-0.3, -0.25) is 0 Å². The fourth-order valence-corrected chi connectivity index (χ4v) is 10.0. The molecule has 2 aliphatic rings. The van der Waals surface area contributed by atoms with Gasteiger partial charge in [0.05, 0.1) is 33.6 Å². The topological polar surface area (TPSA) is 6.48 Å². The Morgan fingerprint density at radius 2 is 0.785 bits per heavy atom. The maximum absolute atomic E-state index is 16.0. The van der Waals surface area contributed by atoms with E-state index in [1.165, 1.54) is 36.4 Å². The number of alkyl halides is 6. The van der Waals surface area contributed by atoms with Crippen molar-refractivity contribution in [2.45, 2.75) is 17.8 Å². The molecule has 0 amide bonds. The van der Waals surface area contributed by atoms with Gasteiger partial charge in [-0.2, -0.15) is 26.3 Å². The summed E-state index contributed by atoms with van der Waals surface area (Å²) in [5.74, 6) is -1.15. The molecular formula is C55H32F8N2. The van der Waals surface area contributed by atoms with Gasteiger partial charge in [0, 0.05) is 22.4 Å². The minimum absolute atomic E-state index is 0.132. The van der Waals surface area contributed by atoms with E-state index >= 15 is 8.78 Å². The molecule has 1 spiro atoms. The average Bonchev–Trinajstić information content (AvgIpc) is 3.60. The first kappa shape index (κ1) is 40.1. The molecule has 0 aliphatic heterocycles. The Morgan fingerprint density at radius 1 is 0.338 bits per heavy atom. The molecule has 0 N–H and O–H groups in total. The highest BCUT2D eigenvalue weighted by Gasteiger charge is 2.50. The van der Waals surface area contributed by atoms with Gasteiger partial charge in [0.25, 0.3) is 0 Å². The molecule has 10 heteroatoms. The molecule has 0 saturated heterocycles. The van der Waals surface area contributed by atoms with Crippen molar-refractivity contribution in [2.75, 3.05) is 9.80 Å². The minimum Gasteiger partial charge on any atom is -0.308 e. The molecule has 9 aromatic rings. The highest BCUT2D eigenvalue weighted by atomic mass is 19.4. The van der Waals surface area contributed by atoms with Crippen molar-refractivity contribution in [3.05, 3.63) is 239 Å². The molecule has 0 fully saturated rings. The standard InChI is InChI=1S/C55H32F8N2/c56-47-16-5-7-18-50(47)64(35-24-20-33(21-25-35)54(58,59)60)37-28-29-40-41-30-31-49(65(51-19-8-6-17-48(51)57)36-26-22-34(23-27-36)55(61,62)63)42-12-9-15-45(52(41)42)53(46(40)32-37)43-13-3-1-10-38(43)39-11-2-4-14-44(39)53/h1-32H. The van der Waals surface area contributed by atoms with Crippen molar-refractivity contribution in [3.8, 4) is 22.3 Å². The number of halogens is 8. The second-order valence-electron chi connectivity index (χ2n) is 16.1. The van der Waals surface area contributed by atoms with Gasteiger partial charge in [0.1, 0.15) is 11.6 Å². The number of rotatable bonds is 6. The predicted molar refractivity (Wildman–Crippen MR) is 240 cm³/mol. The third kappa shape index (κ3) is 6.14. The third-order valence-electron chi connectivity index (χ3n) is 12.7. The Morgan fingerprint density at radius 3 is 1.34 bits per heavy atom. The van der Waals surface area contributed by atoms with Gasteiger partial charge in [0.15, 0.2) is 0 Å². The summed E-state index contributed by atoms with van der Waals surface area (Å²) < 4.78 is 115. The molecule has 0 radical (unpaired) electrons. The highest BCUT2D eigenvalue weighted by Crippen LogP contribution is 2.63. The Balaban J connectivity index is 1.21. The first-order chi connectivity index (χ1) is 31.4. The maximum atomic E-state index is 16.0. The van der Waals surface area contributed by atoms with Crippen LogP contribution in [0, 0.1) is 11.6 Å². The number of hydrogen-bond donors (Lipinski definition) is 0. The van der Waals surface area contributed by atoms with Crippen molar-refractivity contribution in [2.24, 2.45) is 0 Å². The number of benzene rings is 9. The lowest BCUT2D eigenvalue weighted by Crippen LogP contribution is -2.32. The van der Waals surface area contributed by atoms with E-state index in [9.17, 15) is 26.3 Å². The first-order valence-corrected chi connectivity index (χ1v) is 20.7. The van der Waals surface area contributed by atoms with Crippen molar-refractivity contribution >= 4 is 44.9 Å². The van der Waals surface area contributed by atoms with Crippen molar-refractivity contribution in [1.29, 1.82) is 0 Å². The molecule has 2 nitrogen and oxygen atoms in total. The second kappa shape index (κ2) is 14.7. The summed E-state index contributed by atoms with van der Waals surface area (Å²) >= 11 is 0. The molecule has 0 bridgehead atoms. The van der Waals surface area contributed by atoms with Gasteiger partial charge in [0.2, 0.25) is 0 Å². The number of para-hydroxylation sites is 2. The molecule has 9 aromatic carbocycles. The van der Waals surface area contributed by atoms with Crippen LogP contribution in [0.4, 0.5) is 69.2 Å². The van der Waals surface area contributed by atoms with Crippen LogP contribution in [0.2, 0.25) is 0 Å². The third-order valence-corrected chi connectivity index (χ3v) is 12.7. The monoisotopic (exact) mass is 872 g/mol. The van der Waals surface area contributed by atoms with Crippen LogP contribution in [0.25, 0.3) is 33.0 Å². The highest BCUT2D eigenvalue weighted by molar-refractivity contribution is 6.12. The summed E-state index contributed by atoms with van der Waals surface area (Å²) in [6.45, 7) is 0. The lowest BCUT2D eigenvalue weighted by molar-refractivity contribution is -0.138. The zero-order chi connectivity index (χ0) is 44.8. The first-order valence-electron chi connectivity index (χ1n) is 20.7. The van der Waals surface area contributed by atoms with Gasteiger partial charge < -0.3 is 9.80 Å². The lowest BCUT2D eigenvalue weighted by Gasteiger charge is -2.41. The number of hydrogen-bond acceptors (Lipinski definition) is 2. The van der Waals surface area contributed by atoms with E-state index in [4.69, 9.17) is 0 Å².